The van der Waals surface area contributed by atoms with E-state index >= 15 is 0 Å². The Bertz CT molecular complexity index is 827. The van der Waals surface area contributed by atoms with Crippen molar-refractivity contribution >= 4 is 53.3 Å². The van der Waals surface area contributed by atoms with Crippen LogP contribution in [0.1, 0.15) is 21.5 Å². The van der Waals surface area contributed by atoms with Gasteiger partial charge in [-0.05, 0) is 56.9 Å². The molecular weight excluding hydrogens is 422 g/mol. The zero-order valence-electron chi connectivity index (χ0n) is 11.0. The number of benzene rings is 2. The molecule has 5 heteroatoms. The third kappa shape index (κ3) is 2.56. The Morgan fingerprint density at radius 3 is 2.67 bits per heavy atom. The van der Waals surface area contributed by atoms with Crippen LogP contribution >= 0.6 is 43.2 Å². The lowest BCUT2D eigenvalue weighted by atomic mass is 10.0. The Hall–Kier alpha value is -0.780. The Balaban J connectivity index is 2.20. The number of hydrogen-bond acceptors (Lipinski definition) is 1. The van der Waals surface area contributed by atoms with Crippen LogP contribution in [0.3, 0.4) is 0 Å². The number of rotatable bonds is 2. The van der Waals surface area contributed by atoms with Gasteiger partial charge in [-0.15, -0.1) is 11.3 Å². The molecule has 2 aromatic carbocycles. The lowest BCUT2D eigenvalue weighted by Crippen LogP contribution is -2.02. The maximum Gasteiger partial charge on any atom is 0.133 e. The number of thiophene rings is 1. The SMILES string of the molecule is Cc1ccc(F)c(C(Br)c2csc3c(Br)cccc23)c1F. The van der Waals surface area contributed by atoms with Crippen molar-refractivity contribution in [1.82, 2.24) is 0 Å². The Morgan fingerprint density at radius 1 is 1.14 bits per heavy atom. The normalized spacial score (nSPS) is 12.8. The van der Waals surface area contributed by atoms with Crippen molar-refractivity contribution in [1.29, 1.82) is 0 Å². The van der Waals surface area contributed by atoms with Gasteiger partial charge in [0.15, 0.2) is 0 Å². The molecule has 0 saturated carbocycles. The van der Waals surface area contributed by atoms with Crippen molar-refractivity contribution in [2.24, 2.45) is 0 Å². The fraction of sp³-hybridized carbons (Fsp3) is 0.125. The van der Waals surface area contributed by atoms with E-state index < -0.39 is 16.5 Å². The number of aryl methyl sites for hydroxylation is 1. The summed E-state index contributed by atoms with van der Waals surface area (Å²) in [5.74, 6) is -1.03. The van der Waals surface area contributed by atoms with Crippen LogP contribution in [0.2, 0.25) is 0 Å². The molecule has 1 atom stereocenters. The first-order valence-electron chi connectivity index (χ1n) is 6.25. The molecule has 0 amide bonds. The highest BCUT2D eigenvalue weighted by Crippen LogP contribution is 2.42. The van der Waals surface area contributed by atoms with E-state index in [-0.39, 0.29) is 5.56 Å². The number of alkyl halides is 1. The number of halogens is 4. The molecule has 0 spiro atoms. The highest BCUT2D eigenvalue weighted by Gasteiger charge is 2.23. The molecule has 0 bridgehead atoms. The van der Waals surface area contributed by atoms with Crippen LogP contribution in [-0.4, -0.2) is 0 Å². The van der Waals surface area contributed by atoms with Gasteiger partial charge in [0.2, 0.25) is 0 Å². The first-order chi connectivity index (χ1) is 10.0. The molecule has 21 heavy (non-hydrogen) atoms. The largest absolute Gasteiger partial charge is 0.207 e. The second kappa shape index (κ2) is 5.78. The standard InChI is InChI=1S/C16H10Br2F2S/c1-8-5-6-12(19)13(15(8)20)14(18)10-7-21-16-9(10)3-2-4-11(16)17/h2-7,14H,1H3. The molecule has 0 radical (unpaired) electrons. The summed E-state index contributed by atoms with van der Waals surface area (Å²) in [6.45, 7) is 1.64. The van der Waals surface area contributed by atoms with Crippen LogP contribution in [-0.2, 0) is 0 Å². The minimum atomic E-state index is -0.533. The van der Waals surface area contributed by atoms with E-state index in [1.807, 2.05) is 23.6 Å². The summed E-state index contributed by atoms with van der Waals surface area (Å²) >= 11 is 8.53. The average molecular weight is 432 g/mol. The van der Waals surface area contributed by atoms with E-state index in [2.05, 4.69) is 31.9 Å². The van der Waals surface area contributed by atoms with Crippen LogP contribution < -0.4 is 0 Å². The van der Waals surface area contributed by atoms with Crippen LogP contribution in [0, 0.1) is 18.6 Å². The summed E-state index contributed by atoms with van der Waals surface area (Å²) in [5.41, 5.74) is 1.38. The van der Waals surface area contributed by atoms with E-state index in [0.29, 0.717) is 5.56 Å². The summed E-state index contributed by atoms with van der Waals surface area (Å²) in [6, 6.07) is 8.61. The molecule has 0 nitrogen and oxygen atoms in total. The molecule has 0 N–H and O–H groups in total. The van der Waals surface area contributed by atoms with Crippen LogP contribution in [0.4, 0.5) is 8.78 Å². The minimum absolute atomic E-state index is 0.0645. The van der Waals surface area contributed by atoms with E-state index in [1.165, 1.54) is 12.1 Å². The highest BCUT2D eigenvalue weighted by molar-refractivity contribution is 9.10. The van der Waals surface area contributed by atoms with Gasteiger partial charge < -0.3 is 0 Å². The maximum atomic E-state index is 14.3. The van der Waals surface area contributed by atoms with Gasteiger partial charge >= 0.3 is 0 Å². The zero-order chi connectivity index (χ0) is 15.1. The molecule has 0 saturated heterocycles. The topological polar surface area (TPSA) is 0 Å². The molecule has 1 heterocycles. The van der Waals surface area contributed by atoms with E-state index in [9.17, 15) is 8.78 Å². The number of fused-ring (bicyclic) bond motifs is 1. The summed E-state index contributed by atoms with van der Waals surface area (Å²) in [6.07, 6.45) is 0. The predicted octanol–water partition coefficient (Wildman–Crippen LogP) is 6.73. The van der Waals surface area contributed by atoms with E-state index in [0.717, 1.165) is 20.1 Å². The first kappa shape index (κ1) is 15.1. The predicted molar refractivity (Wildman–Crippen MR) is 91.4 cm³/mol. The molecule has 3 aromatic rings. The molecule has 0 aliphatic carbocycles. The fourth-order valence-corrected chi connectivity index (χ4v) is 4.93. The van der Waals surface area contributed by atoms with Crippen LogP contribution in [0.15, 0.2) is 40.2 Å². The summed E-state index contributed by atoms with van der Waals surface area (Å²) < 4.78 is 30.4. The molecular formula is C16H10Br2F2S. The molecule has 1 unspecified atom stereocenters. The van der Waals surface area contributed by atoms with Gasteiger partial charge in [-0.25, -0.2) is 8.78 Å². The molecule has 0 aliphatic rings. The van der Waals surface area contributed by atoms with Crippen molar-refractivity contribution in [2.45, 2.75) is 11.8 Å². The molecule has 3 rings (SSSR count). The lowest BCUT2D eigenvalue weighted by Gasteiger charge is -2.13. The Kier molecular flexibility index (Phi) is 4.17. The summed E-state index contributed by atoms with van der Waals surface area (Å²) in [7, 11) is 0. The minimum Gasteiger partial charge on any atom is -0.207 e. The van der Waals surface area contributed by atoms with Gasteiger partial charge in [0.1, 0.15) is 11.6 Å². The van der Waals surface area contributed by atoms with Gasteiger partial charge in [-0.2, -0.15) is 0 Å². The van der Waals surface area contributed by atoms with Crippen molar-refractivity contribution in [3.8, 4) is 0 Å². The Labute approximate surface area is 142 Å². The fourth-order valence-electron chi connectivity index (χ4n) is 2.30. The molecule has 0 fully saturated rings. The monoisotopic (exact) mass is 430 g/mol. The van der Waals surface area contributed by atoms with E-state index in [1.54, 1.807) is 18.3 Å². The zero-order valence-corrected chi connectivity index (χ0v) is 15.0. The summed E-state index contributed by atoms with van der Waals surface area (Å²) in [4.78, 5) is -0.513. The van der Waals surface area contributed by atoms with Crippen molar-refractivity contribution in [3.05, 3.63) is 68.5 Å². The van der Waals surface area contributed by atoms with Crippen molar-refractivity contribution in [2.75, 3.05) is 0 Å². The highest BCUT2D eigenvalue weighted by atomic mass is 79.9. The Morgan fingerprint density at radius 2 is 1.90 bits per heavy atom. The van der Waals surface area contributed by atoms with Crippen LogP contribution in [0.25, 0.3) is 10.1 Å². The smallest absolute Gasteiger partial charge is 0.133 e. The molecule has 0 aliphatic heterocycles. The quantitative estimate of drug-likeness (QED) is 0.394. The van der Waals surface area contributed by atoms with Crippen molar-refractivity contribution in [3.63, 3.8) is 0 Å². The summed E-state index contributed by atoms with van der Waals surface area (Å²) in [5, 5.41) is 2.94. The number of hydrogen-bond donors (Lipinski definition) is 0. The van der Waals surface area contributed by atoms with Gasteiger partial charge in [-0.3, -0.25) is 0 Å². The average Bonchev–Trinajstić information content (AvgIpc) is 2.88. The first-order valence-corrected chi connectivity index (χ1v) is 8.83. The lowest BCUT2D eigenvalue weighted by molar-refractivity contribution is 0.555. The van der Waals surface area contributed by atoms with Gasteiger partial charge in [0.05, 0.1) is 4.83 Å². The van der Waals surface area contributed by atoms with Gasteiger partial charge in [0.25, 0.3) is 0 Å². The van der Waals surface area contributed by atoms with Crippen molar-refractivity contribution < 1.29 is 8.78 Å². The van der Waals surface area contributed by atoms with Gasteiger partial charge in [0, 0.05) is 14.7 Å². The third-order valence-electron chi connectivity index (χ3n) is 3.43. The second-order valence-electron chi connectivity index (χ2n) is 4.76. The second-order valence-corrected chi connectivity index (χ2v) is 7.41. The van der Waals surface area contributed by atoms with Crippen LogP contribution in [0.5, 0.6) is 0 Å². The third-order valence-corrected chi connectivity index (χ3v) is 6.35. The molecule has 108 valence electrons. The van der Waals surface area contributed by atoms with E-state index in [4.69, 9.17) is 0 Å². The van der Waals surface area contributed by atoms with Gasteiger partial charge in [-0.1, -0.05) is 34.1 Å². The maximum absolute atomic E-state index is 14.3. The molecule has 1 aromatic heterocycles.